The molecule has 0 amide bonds. The Hall–Kier alpha value is -1.27. The van der Waals surface area contributed by atoms with E-state index < -0.39 is 11.6 Å². The Morgan fingerprint density at radius 3 is 2.62 bits per heavy atom. The van der Waals surface area contributed by atoms with Crippen molar-refractivity contribution in [3.05, 3.63) is 52.0 Å². The van der Waals surface area contributed by atoms with Crippen molar-refractivity contribution < 1.29 is 18.3 Å². The van der Waals surface area contributed by atoms with Gasteiger partial charge in [-0.15, -0.1) is 11.8 Å². The fraction of sp³-hybridized carbons (Fsp3) is 0.200. The molecule has 2 aromatic rings. The Labute approximate surface area is 133 Å². The van der Waals surface area contributed by atoms with E-state index in [-0.39, 0.29) is 15.8 Å². The van der Waals surface area contributed by atoms with Crippen LogP contribution in [0.5, 0.6) is 11.5 Å². The van der Waals surface area contributed by atoms with Crippen LogP contribution in [-0.4, -0.2) is 13.2 Å². The molecular weight excluding hydrogens is 362 g/mol. The minimum absolute atomic E-state index is 0.0595. The van der Waals surface area contributed by atoms with E-state index in [1.807, 2.05) is 18.2 Å². The maximum atomic E-state index is 13.9. The van der Waals surface area contributed by atoms with Crippen molar-refractivity contribution in [2.45, 2.75) is 10.6 Å². The maximum Gasteiger partial charge on any atom is 0.162 e. The van der Waals surface area contributed by atoms with Crippen molar-refractivity contribution in [1.29, 1.82) is 0 Å². The van der Waals surface area contributed by atoms with Crippen LogP contribution >= 0.6 is 27.7 Å². The van der Waals surface area contributed by atoms with E-state index in [9.17, 15) is 8.78 Å². The number of hydrogen-bond acceptors (Lipinski definition) is 3. The highest BCUT2D eigenvalue weighted by molar-refractivity contribution is 9.10. The van der Waals surface area contributed by atoms with Crippen molar-refractivity contribution in [3.63, 3.8) is 0 Å². The Morgan fingerprint density at radius 2 is 1.81 bits per heavy atom. The summed E-state index contributed by atoms with van der Waals surface area (Å²) in [5.41, 5.74) is 0.0595. The molecule has 0 aliphatic carbocycles. The second kappa shape index (κ2) is 6.23. The predicted molar refractivity (Wildman–Crippen MR) is 81.1 cm³/mol. The van der Waals surface area contributed by atoms with Crippen LogP contribution in [0.1, 0.15) is 5.56 Å². The summed E-state index contributed by atoms with van der Waals surface area (Å²) in [5, 5.41) is 0. The van der Waals surface area contributed by atoms with Gasteiger partial charge in [0.25, 0.3) is 0 Å². The fourth-order valence-corrected chi connectivity index (χ4v) is 3.27. The van der Waals surface area contributed by atoms with Gasteiger partial charge in [0.1, 0.15) is 24.8 Å². The molecule has 0 bridgehead atoms. The topological polar surface area (TPSA) is 18.5 Å². The standard InChI is InChI=1S/C15H11BrF2O2S/c16-11-2-3-12(17)10(15(11)18)8-21-9-1-4-13-14(7-9)20-6-5-19-13/h1-4,7H,5-6,8H2. The lowest BCUT2D eigenvalue weighted by Crippen LogP contribution is -2.15. The van der Waals surface area contributed by atoms with Crippen molar-refractivity contribution in [2.75, 3.05) is 13.2 Å². The summed E-state index contributed by atoms with van der Waals surface area (Å²) in [6.07, 6.45) is 0. The monoisotopic (exact) mass is 372 g/mol. The highest BCUT2D eigenvalue weighted by atomic mass is 79.9. The van der Waals surface area contributed by atoms with Gasteiger partial charge in [0.2, 0.25) is 0 Å². The van der Waals surface area contributed by atoms with Crippen molar-refractivity contribution in [2.24, 2.45) is 0 Å². The van der Waals surface area contributed by atoms with Crippen molar-refractivity contribution in [1.82, 2.24) is 0 Å². The Balaban J connectivity index is 1.78. The lowest BCUT2D eigenvalue weighted by molar-refractivity contribution is 0.171. The van der Waals surface area contributed by atoms with E-state index in [1.54, 1.807) is 0 Å². The van der Waals surface area contributed by atoms with E-state index in [2.05, 4.69) is 15.9 Å². The Bertz CT molecular complexity index is 679. The van der Waals surface area contributed by atoms with E-state index in [4.69, 9.17) is 9.47 Å². The molecule has 0 saturated heterocycles. The first-order chi connectivity index (χ1) is 10.1. The summed E-state index contributed by atoms with van der Waals surface area (Å²) in [6.45, 7) is 1.05. The zero-order valence-electron chi connectivity index (χ0n) is 10.9. The molecule has 0 unspecified atom stereocenters. The van der Waals surface area contributed by atoms with Gasteiger partial charge in [0.15, 0.2) is 11.5 Å². The molecule has 1 aliphatic rings. The zero-order valence-corrected chi connectivity index (χ0v) is 13.3. The molecule has 0 saturated carbocycles. The van der Waals surface area contributed by atoms with Gasteiger partial charge in [-0.05, 0) is 46.3 Å². The van der Waals surface area contributed by atoms with Gasteiger partial charge < -0.3 is 9.47 Å². The largest absolute Gasteiger partial charge is 0.486 e. The number of ether oxygens (including phenoxy) is 2. The molecule has 0 atom stereocenters. The molecule has 2 nitrogen and oxygen atoms in total. The Kier molecular flexibility index (Phi) is 4.35. The van der Waals surface area contributed by atoms with Crippen LogP contribution in [0.25, 0.3) is 0 Å². The van der Waals surface area contributed by atoms with Crippen LogP contribution in [0.2, 0.25) is 0 Å². The molecule has 1 heterocycles. The molecule has 110 valence electrons. The first kappa shape index (κ1) is 14.7. The molecule has 0 radical (unpaired) electrons. The van der Waals surface area contributed by atoms with Gasteiger partial charge in [0.05, 0.1) is 4.47 Å². The maximum absolute atomic E-state index is 13.9. The average molecular weight is 373 g/mol. The van der Waals surface area contributed by atoms with Gasteiger partial charge in [-0.1, -0.05) is 0 Å². The van der Waals surface area contributed by atoms with Gasteiger partial charge in [-0.25, -0.2) is 8.78 Å². The molecular formula is C15H11BrF2O2S. The van der Waals surface area contributed by atoms with Gasteiger partial charge in [-0.3, -0.25) is 0 Å². The molecule has 2 aromatic carbocycles. The summed E-state index contributed by atoms with van der Waals surface area (Å²) in [5.74, 6) is 0.476. The quantitative estimate of drug-likeness (QED) is 0.569. The molecule has 0 N–H and O–H groups in total. The minimum atomic E-state index is -0.556. The summed E-state index contributed by atoms with van der Waals surface area (Å²) in [7, 11) is 0. The normalized spacial score (nSPS) is 13.3. The molecule has 0 fully saturated rings. The smallest absolute Gasteiger partial charge is 0.162 e. The van der Waals surface area contributed by atoms with Crippen LogP contribution in [-0.2, 0) is 5.75 Å². The van der Waals surface area contributed by atoms with Gasteiger partial charge >= 0.3 is 0 Å². The third-order valence-corrected chi connectivity index (χ3v) is 4.67. The van der Waals surface area contributed by atoms with Crippen LogP contribution in [0.3, 0.4) is 0 Å². The third kappa shape index (κ3) is 3.16. The summed E-state index contributed by atoms with van der Waals surface area (Å²) in [6, 6.07) is 8.11. The van der Waals surface area contributed by atoms with E-state index in [0.29, 0.717) is 24.7 Å². The van der Waals surface area contributed by atoms with Crippen LogP contribution in [0.4, 0.5) is 8.78 Å². The highest BCUT2D eigenvalue weighted by Crippen LogP contribution is 2.36. The van der Waals surface area contributed by atoms with Crippen LogP contribution in [0.15, 0.2) is 39.7 Å². The number of halogens is 3. The van der Waals surface area contributed by atoms with Crippen LogP contribution in [0, 0.1) is 11.6 Å². The molecule has 21 heavy (non-hydrogen) atoms. The lowest BCUT2D eigenvalue weighted by atomic mass is 10.2. The summed E-state index contributed by atoms with van der Waals surface area (Å²) in [4.78, 5) is 0.873. The van der Waals surface area contributed by atoms with E-state index >= 15 is 0 Å². The first-order valence-corrected chi connectivity index (χ1v) is 8.08. The summed E-state index contributed by atoms with van der Waals surface area (Å²) < 4.78 is 38.8. The minimum Gasteiger partial charge on any atom is -0.486 e. The number of fused-ring (bicyclic) bond motifs is 1. The third-order valence-electron chi connectivity index (χ3n) is 3.04. The number of hydrogen-bond donors (Lipinski definition) is 0. The van der Waals surface area contributed by atoms with Crippen molar-refractivity contribution in [3.8, 4) is 11.5 Å². The second-order valence-corrected chi connectivity index (χ2v) is 6.32. The molecule has 0 aromatic heterocycles. The van der Waals surface area contributed by atoms with E-state index in [1.165, 1.54) is 23.9 Å². The SMILES string of the molecule is Fc1ccc(Br)c(F)c1CSc1ccc2c(c1)OCCO2. The first-order valence-electron chi connectivity index (χ1n) is 6.30. The average Bonchev–Trinajstić information content (AvgIpc) is 2.51. The van der Waals surface area contributed by atoms with Crippen molar-refractivity contribution >= 4 is 27.7 Å². The highest BCUT2D eigenvalue weighted by Gasteiger charge is 2.15. The second-order valence-electron chi connectivity index (χ2n) is 4.42. The lowest BCUT2D eigenvalue weighted by Gasteiger charge is -2.18. The molecule has 3 rings (SSSR count). The van der Waals surface area contributed by atoms with Crippen LogP contribution < -0.4 is 9.47 Å². The zero-order chi connectivity index (χ0) is 14.8. The number of thioether (sulfide) groups is 1. The van der Waals surface area contributed by atoms with Gasteiger partial charge in [-0.2, -0.15) is 0 Å². The molecule has 1 aliphatic heterocycles. The summed E-state index contributed by atoms with van der Waals surface area (Å²) >= 11 is 4.42. The van der Waals surface area contributed by atoms with E-state index in [0.717, 1.165) is 4.90 Å². The number of rotatable bonds is 3. The molecule has 0 spiro atoms. The number of benzene rings is 2. The molecule has 6 heteroatoms. The van der Waals surface area contributed by atoms with Gasteiger partial charge in [0, 0.05) is 16.2 Å². The Morgan fingerprint density at radius 1 is 1.05 bits per heavy atom. The fourth-order valence-electron chi connectivity index (χ4n) is 1.97. The predicted octanol–water partition coefficient (Wildman–Crippen LogP) is 4.79.